The van der Waals surface area contributed by atoms with Crippen LogP contribution in [0.25, 0.3) is 0 Å². The highest BCUT2D eigenvalue weighted by molar-refractivity contribution is 9.09. The van der Waals surface area contributed by atoms with Gasteiger partial charge < -0.3 is 0 Å². The van der Waals surface area contributed by atoms with Crippen LogP contribution >= 0.6 is 15.9 Å². The van der Waals surface area contributed by atoms with Gasteiger partial charge in [-0.05, 0) is 54.3 Å². The van der Waals surface area contributed by atoms with Gasteiger partial charge in [-0.15, -0.1) is 0 Å². The van der Waals surface area contributed by atoms with E-state index in [1.165, 1.54) is 18.2 Å². The summed E-state index contributed by atoms with van der Waals surface area (Å²) in [6, 6.07) is 8.34. The summed E-state index contributed by atoms with van der Waals surface area (Å²) in [5.41, 5.74) is 2.42. The van der Waals surface area contributed by atoms with Crippen LogP contribution in [0.4, 0.5) is 13.2 Å². The summed E-state index contributed by atoms with van der Waals surface area (Å²) in [6.07, 6.45) is 0.460. The highest BCUT2D eigenvalue weighted by Crippen LogP contribution is 2.30. The zero-order valence-corrected chi connectivity index (χ0v) is 11.8. The summed E-state index contributed by atoms with van der Waals surface area (Å²) in [6.45, 7) is 1.88. The molecule has 0 nitrogen and oxygen atoms in total. The van der Waals surface area contributed by atoms with Crippen LogP contribution < -0.4 is 0 Å². The maximum Gasteiger partial charge on any atom is 0.159 e. The molecule has 0 aliphatic rings. The van der Waals surface area contributed by atoms with Gasteiger partial charge >= 0.3 is 0 Å². The first-order chi connectivity index (χ1) is 8.97. The Morgan fingerprint density at radius 1 is 1.00 bits per heavy atom. The van der Waals surface area contributed by atoms with Gasteiger partial charge in [-0.25, -0.2) is 13.2 Å². The van der Waals surface area contributed by atoms with Crippen LogP contribution in [0, 0.1) is 24.4 Å². The Hall–Kier alpha value is -1.29. The molecule has 0 radical (unpaired) electrons. The van der Waals surface area contributed by atoms with Crippen molar-refractivity contribution in [1.82, 2.24) is 0 Å². The smallest absolute Gasteiger partial charge is 0.159 e. The van der Waals surface area contributed by atoms with Gasteiger partial charge in [0.05, 0.1) is 0 Å². The van der Waals surface area contributed by atoms with E-state index >= 15 is 0 Å². The zero-order chi connectivity index (χ0) is 14.0. The van der Waals surface area contributed by atoms with E-state index in [1.54, 1.807) is 6.07 Å². The molecule has 4 heteroatoms. The normalized spacial score (nSPS) is 12.5. The van der Waals surface area contributed by atoms with Crippen molar-refractivity contribution in [2.45, 2.75) is 18.2 Å². The summed E-state index contributed by atoms with van der Waals surface area (Å²) in [7, 11) is 0. The van der Waals surface area contributed by atoms with Gasteiger partial charge in [0.25, 0.3) is 0 Å². The van der Waals surface area contributed by atoms with Crippen molar-refractivity contribution in [3.63, 3.8) is 0 Å². The van der Waals surface area contributed by atoms with Gasteiger partial charge in [0.1, 0.15) is 5.82 Å². The van der Waals surface area contributed by atoms with E-state index in [9.17, 15) is 13.2 Å². The quantitative estimate of drug-likeness (QED) is 0.688. The summed E-state index contributed by atoms with van der Waals surface area (Å²) < 4.78 is 39.2. The fourth-order valence-electron chi connectivity index (χ4n) is 1.93. The fourth-order valence-corrected chi connectivity index (χ4v) is 2.80. The van der Waals surface area contributed by atoms with E-state index in [0.29, 0.717) is 12.0 Å². The molecular weight excluding hydrogens is 317 g/mol. The Labute approximate surface area is 118 Å². The second-order valence-corrected chi connectivity index (χ2v) is 5.53. The molecule has 0 aliphatic carbocycles. The summed E-state index contributed by atoms with van der Waals surface area (Å²) in [5, 5.41) is 0. The fraction of sp³-hybridized carbons (Fsp3) is 0.200. The third kappa shape index (κ3) is 3.38. The van der Waals surface area contributed by atoms with E-state index < -0.39 is 11.6 Å². The number of rotatable bonds is 3. The second-order valence-electron chi connectivity index (χ2n) is 4.42. The standard InChI is InChI=1S/C15H12BrF3/c1-9-2-4-11(17)8-12(9)13(16)6-10-3-5-14(18)15(19)7-10/h2-5,7-8,13H,6H2,1H3. The van der Waals surface area contributed by atoms with E-state index in [4.69, 9.17) is 0 Å². The minimum Gasteiger partial charge on any atom is -0.207 e. The van der Waals surface area contributed by atoms with Gasteiger partial charge in [0.2, 0.25) is 0 Å². The maximum atomic E-state index is 13.2. The molecule has 0 fully saturated rings. The zero-order valence-electron chi connectivity index (χ0n) is 10.3. The predicted molar refractivity (Wildman–Crippen MR) is 72.9 cm³/mol. The van der Waals surface area contributed by atoms with Crippen molar-refractivity contribution in [2.24, 2.45) is 0 Å². The van der Waals surface area contributed by atoms with Crippen LogP contribution in [0.2, 0.25) is 0 Å². The van der Waals surface area contributed by atoms with Crippen LogP contribution in [0.3, 0.4) is 0 Å². The summed E-state index contributed by atoms with van der Waals surface area (Å²) in [4.78, 5) is -0.145. The molecule has 0 saturated heterocycles. The summed E-state index contributed by atoms with van der Waals surface area (Å²) in [5.74, 6) is -2.04. The molecule has 0 heterocycles. The number of hydrogen-bond acceptors (Lipinski definition) is 0. The topological polar surface area (TPSA) is 0 Å². The molecule has 2 aromatic carbocycles. The van der Waals surface area contributed by atoms with Crippen molar-refractivity contribution in [3.8, 4) is 0 Å². The number of alkyl halides is 1. The van der Waals surface area contributed by atoms with E-state index in [0.717, 1.165) is 23.3 Å². The molecule has 0 aliphatic heterocycles. The lowest BCUT2D eigenvalue weighted by molar-refractivity contribution is 0.507. The molecule has 0 amide bonds. The molecule has 0 saturated carbocycles. The minimum atomic E-state index is -0.867. The molecule has 0 spiro atoms. The number of aryl methyl sites for hydroxylation is 1. The molecular formula is C15H12BrF3. The molecule has 100 valence electrons. The molecule has 2 rings (SSSR count). The minimum absolute atomic E-state index is 0.145. The maximum absolute atomic E-state index is 13.2. The van der Waals surface area contributed by atoms with Crippen LogP contribution in [-0.4, -0.2) is 0 Å². The van der Waals surface area contributed by atoms with Crippen LogP contribution in [0.5, 0.6) is 0 Å². The molecule has 0 bridgehead atoms. The van der Waals surface area contributed by atoms with E-state index in [1.807, 2.05) is 6.92 Å². The van der Waals surface area contributed by atoms with Gasteiger partial charge in [-0.1, -0.05) is 28.1 Å². The number of hydrogen-bond donors (Lipinski definition) is 0. The Morgan fingerprint density at radius 2 is 1.74 bits per heavy atom. The van der Waals surface area contributed by atoms with Gasteiger partial charge in [0, 0.05) is 4.83 Å². The second kappa shape index (κ2) is 5.78. The van der Waals surface area contributed by atoms with Crippen molar-refractivity contribution >= 4 is 15.9 Å². The molecule has 1 atom stereocenters. The molecule has 19 heavy (non-hydrogen) atoms. The van der Waals surface area contributed by atoms with Gasteiger partial charge in [-0.3, -0.25) is 0 Å². The first-order valence-corrected chi connectivity index (χ1v) is 6.73. The lowest BCUT2D eigenvalue weighted by Crippen LogP contribution is -2.00. The summed E-state index contributed by atoms with van der Waals surface area (Å²) >= 11 is 3.47. The Balaban J connectivity index is 2.22. The van der Waals surface area contributed by atoms with Crippen LogP contribution in [0.15, 0.2) is 36.4 Å². The first kappa shape index (κ1) is 14.1. The van der Waals surface area contributed by atoms with Crippen molar-refractivity contribution in [2.75, 3.05) is 0 Å². The number of benzene rings is 2. The van der Waals surface area contributed by atoms with Crippen molar-refractivity contribution in [1.29, 1.82) is 0 Å². The molecule has 2 aromatic rings. The SMILES string of the molecule is Cc1ccc(F)cc1C(Br)Cc1ccc(F)c(F)c1. The monoisotopic (exact) mass is 328 g/mol. The molecule has 0 aromatic heterocycles. The third-order valence-corrected chi connectivity index (χ3v) is 3.79. The lowest BCUT2D eigenvalue weighted by Gasteiger charge is -2.13. The number of halogens is 4. The highest BCUT2D eigenvalue weighted by Gasteiger charge is 2.13. The van der Waals surface area contributed by atoms with E-state index in [2.05, 4.69) is 15.9 Å². The average Bonchev–Trinajstić information content (AvgIpc) is 2.36. The van der Waals surface area contributed by atoms with E-state index in [-0.39, 0.29) is 10.6 Å². The highest BCUT2D eigenvalue weighted by atomic mass is 79.9. The molecule has 0 N–H and O–H groups in total. The van der Waals surface area contributed by atoms with Gasteiger partial charge in [-0.2, -0.15) is 0 Å². The predicted octanol–water partition coefficient (Wildman–Crippen LogP) is 5.09. The average molecular weight is 329 g/mol. The van der Waals surface area contributed by atoms with Crippen LogP contribution in [0.1, 0.15) is 21.5 Å². The largest absolute Gasteiger partial charge is 0.207 e. The lowest BCUT2D eigenvalue weighted by atomic mass is 10.0. The van der Waals surface area contributed by atoms with Gasteiger partial charge in [0.15, 0.2) is 11.6 Å². The first-order valence-electron chi connectivity index (χ1n) is 5.81. The Morgan fingerprint density at radius 3 is 2.42 bits per heavy atom. The molecule has 1 unspecified atom stereocenters. The third-order valence-electron chi connectivity index (χ3n) is 2.98. The Kier molecular flexibility index (Phi) is 4.30. The van der Waals surface area contributed by atoms with Crippen molar-refractivity contribution < 1.29 is 13.2 Å². The van der Waals surface area contributed by atoms with Crippen LogP contribution in [-0.2, 0) is 6.42 Å². The Bertz CT molecular complexity index is 596. The van der Waals surface area contributed by atoms with Crippen molar-refractivity contribution in [3.05, 3.63) is 70.5 Å².